The molecule has 1 heterocycles. The van der Waals surface area contributed by atoms with Crippen molar-refractivity contribution >= 4 is 5.91 Å². The van der Waals surface area contributed by atoms with Gasteiger partial charge in [0.05, 0.1) is 12.6 Å². The highest BCUT2D eigenvalue weighted by Gasteiger charge is 2.26. The molecule has 2 aromatic rings. The summed E-state index contributed by atoms with van der Waals surface area (Å²) in [5.74, 6) is 0.970. The van der Waals surface area contributed by atoms with Crippen LogP contribution in [-0.2, 0) is 17.8 Å². The number of hydrogen-bond acceptors (Lipinski definition) is 3. The van der Waals surface area contributed by atoms with Gasteiger partial charge in [-0.25, -0.2) is 0 Å². The minimum Gasteiger partial charge on any atom is -0.492 e. The summed E-state index contributed by atoms with van der Waals surface area (Å²) in [5.41, 5.74) is 3.72. The Bertz CT molecular complexity index is 714. The number of rotatable bonds is 5. The Labute approximate surface area is 143 Å². The predicted octanol–water partition coefficient (Wildman–Crippen LogP) is 2.55. The third kappa shape index (κ3) is 3.95. The molecule has 0 saturated carbocycles. The number of nitrogens with zero attached hydrogens (tertiary/aromatic N) is 1. The van der Waals surface area contributed by atoms with Gasteiger partial charge in [0.2, 0.25) is 5.91 Å². The molecule has 1 N–H and O–H groups in total. The van der Waals surface area contributed by atoms with Gasteiger partial charge in [-0.05, 0) is 42.2 Å². The van der Waals surface area contributed by atoms with Crippen LogP contribution < -0.4 is 10.1 Å². The van der Waals surface area contributed by atoms with Crippen molar-refractivity contribution in [3.63, 3.8) is 0 Å². The van der Waals surface area contributed by atoms with Crippen molar-refractivity contribution in [1.29, 1.82) is 0 Å². The fraction of sp³-hybridized carbons (Fsp3) is 0.350. The van der Waals surface area contributed by atoms with Crippen molar-refractivity contribution in [2.24, 2.45) is 0 Å². The first-order valence-electron chi connectivity index (χ1n) is 8.38. The Hall–Kier alpha value is -2.33. The Kier molecular flexibility index (Phi) is 5.16. The number of likely N-dealkylation sites (N-methyl/N-ethyl adjacent to an activating group) is 1. The second kappa shape index (κ2) is 7.49. The topological polar surface area (TPSA) is 41.6 Å². The summed E-state index contributed by atoms with van der Waals surface area (Å²) >= 11 is 0. The molecular weight excluding hydrogens is 300 g/mol. The zero-order chi connectivity index (χ0) is 16.9. The lowest BCUT2D eigenvalue weighted by molar-refractivity contribution is -0.132. The molecule has 2 aromatic carbocycles. The number of amides is 1. The van der Waals surface area contributed by atoms with E-state index >= 15 is 0 Å². The number of ether oxygens (including phenoxy) is 1. The number of hydrogen-bond donors (Lipinski definition) is 1. The molecule has 1 aliphatic rings. The van der Waals surface area contributed by atoms with Crippen LogP contribution in [0.25, 0.3) is 0 Å². The standard InChI is InChI=1S/C20H24N2O2/c1-15-6-5-9-18(12-15)24-11-10-22(2)20(23)19-13-16-7-3-4-8-17(16)14-21-19/h3-9,12,19,21H,10-11,13-14H2,1-2H3. The van der Waals surface area contributed by atoms with Crippen LogP contribution in [0.2, 0.25) is 0 Å². The smallest absolute Gasteiger partial charge is 0.239 e. The van der Waals surface area contributed by atoms with E-state index in [-0.39, 0.29) is 11.9 Å². The molecule has 1 aliphatic heterocycles. The average molecular weight is 324 g/mol. The van der Waals surface area contributed by atoms with E-state index in [1.807, 2.05) is 50.4 Å². The van der Waals surface area contributed by atoms with E-state index in [0.29, 0.717) is 13.2 Å². The van der Waals surface area contributed by atoms with Crippen LogP contribution in [0.3, 0.4) is 0 Å². The van der Waals surface area contributed by atoms with E-state index in [4.69, 9.17) is 4.74 Å². The molecule has 0 aliphatic carbocycles. The van der Waals surface area contributed by atoms with E-state index in [0.717, 1.165) is 18.7 Å². The molecule has 3 rings (SSSR count). The van der Waals surface area contributed by atoms with E-state index in [9.17, 15) is 4.79 Å². The van der Waals surface area contributed by atoms with Crippen LogP contribution in [-0.4, -0.2) is 37.0 Å². The number of carbonyl (C=O) groups is 1. The van der Waals surface area contributed by atoms with Gasteiger partial charge in [-0.2, -0.15) is 0 Å². The normalized spacial score (nSPS) is 16.3. The highest BCUT2D eigenvalue weighted by molar-refractivity contribution is 5.82. The molecule has 4 heteroatoms. The monoisotopic (exact) mass is 324 g/mol. The van der Waals surface area contributed by atoms with Crippen LogP contribution in [0.5, 0.6) is 5.75 Å². The number of carbonyl (C=O) groups excluding carboxylic acids is 1. The van der Waals surface area contributed by atoms with Gasteiger partial charge in [0, 0.05) is 13.6 Å². The van der Waals surface area contributed by atoms with E-state index in [2.05, 4.69) is 17.4 Å². The molecule has 1 atom stereocenters. The fourth-order valence-corrected chi connectivity index (χ4v) is 3.01. The van der Waals surface area contributed by atoms with Crippen molar-refractivity contribution in [1.82, 2.24) is 10.2 Å². The lowest BCUT2D eigenvalue weighted by Gasteiger charge is -2.29. The molecular formula is C20H24N2O2. The van der Waals surface area contributed by atoms with Gasteiger partial charge in [-0.15, -0.1) is 0 Å². The maximum absolute atomic E-state index is 12.6. The summed E-state index contributed by atoms with van der Waals surface area (Å²) in [4.78, 5) is 14.4. The lowest BCUT2D eigenvalue weighted by atomic mass is 9.95. The van der Waals surface area contributed by atoms with E-state index in [1.54, 1.807) is 4.90 Å². The third-order valence-electron chi connectivity index (χ3n) is 4.44. The first kappa shape index (κ1) is 16.5. The van der Waals surface area contributed by atoms with Gasteiger partial charge in [0.15, 0.2) is 0 Å². The van der Waals surface area contributed by atoms with Gasteiger partial charge < -0.3 is 15.0 Å². The molecule has 0 spiro atoms. The van der Waals surface area contributed by atoms with Crippen molar-refractivity contribution in [2.45, 2.75) is 25.9 Å². The first-order valence-corrected chi connectivity index (χ1v) is 8.38. The van der Waals surface area contributed by atoms with Crippen LogP contribution in [0.4, 0.5) is 0 Å². The van der Waals surface area contributed by atoms with Gasteiger partial charge in [0.25, 0.3) is 0 Å². The summed E-state index contributed by atoms with van der Waals surface area (Å²) in [6.07, 6.45) is 0.748. The van der Waals surface area contributed by atoms with Crippen molar-refractivity contribution in [2.75, 3.05) is 20.2 Å². The van der Waals surface area contributed by atoms with Gasteiger partial charge in [-0.1, -0.05) is 36.4 Å². The second-order valence-corrected chi connectivity index (χ2v) is 6.33. The zero-order valence-electron chi connectivity index (χ0n) is 14.3. The number of nitrogens with one attached hydrogen (secondary N) is 1. The molecule has 0 aromatic heterocycles. The Morgan fingerprint density at radius 1 is 1.21 bits per heavy atom. The van der Waals surface area contributed by atoms with Gasteiger partial charge >= 0.3 is 0 Å². The predicted molar refractivity (Wildman–Crippen MR) is 95.1 cm³/mol. The number of benzene rings is 2. The van der Waals surface area contributed by atoms with Crippen molar-refractivity contribution in [3.05, 3.63) is 65.2 Å². The summed E-state index contributed by atoms with van der Waals surface area (Å²) in [7, 11) is 1.84. The molecule has 0 fully saturated rings. The molecule has 0 radical (unpaired) electrons. The number of fused-ring (bicyclic) bond motifs is 1. The molecule has 4 nitrogen and oxygen atoms in total. The molecule has 1 amide bonds. The maximum Gasteiger partial charge on any atom is 0.239 e. The first-order chi connectivity index (χ1) is 11.6. The minimum atomic E-state index is -0.149. The second-order valence-electron chi connectivity index (χ2n) is 6.33. The Morgan fingerprint density at radius 2 is 2.00 bits per heavy atom. The van der Waals surface area contributed by atoms with Crippen molar-refractivity contribution < 1.29 is 9.53 Å². The molecule has 1 unspecified atom stereocenters. The SMILES string of the molecule is Cc1cccc(OCCN(C)C(=O)C2Cc3ccccc3CN2)c1. The largest absolute Gasteiger partial charge is 0.492 e. The third-order valence-corrected chi connectivity index (χ3v) is 4.44. The van der Waals surface area contributed by atoms with Gasteiger partial charge in [-0.3, -0.25) is 4.79 Å². The Balaban J connectivity index is 1.50. The Morgan fingerprint density at radius 3 is 2.79 bits per heavy atom. The minimum absolute atomic E-state index is 0.123. The van der Waals surface area contributed by atoms with Crippen LogP contribution in [0.15, 0.2) is 48.5 Å². The fourth-order valence-electron chi connectivity index (χ4n) is 3.01. The number of aryl methyl sites for hydroxylation is 1. The lowest BCUT2D eigenvalue weighted by Crippen LogP contribution is -2.49. The molecule has 0 bridgehead atoms. The highest BCUT2D eigenvalue weighted by Crippen LogP contribution is 2.17. The van der Waals surface area contributed by atoms with Crippen LogP contribution >= 0.6 is 0 Å². The summed E-state index contributed by atoms with van der Waals surface area (Å²) < 4.78 is 5.74. The van der Waals surface area contributed by atoms with E-state index in [1.165, 1.54) is 16.7 Å². The molecule has 24 heavy (non-hydrogen) atoms. The summed E-state index contributed by atoms with van der Waals surface area (Å²) in [6, 6.07) is 16.1. The quantitative estimate of drug-likeness (QED) is 0.919. The summed E-state index contributed by atoms with van der Waals surface area (Å²) in [5, 5.41) is 3.34. The molecule has 126 valence electrons. The maximum atomic E-state index is 12.6. The van der Waals surface area contributed by atoms with E-state index < -0.39 is 0 Å². The molecule has 0 saturated heterocycles. The average Bonchev–Trinajstić information content (AvgIpc) is 2.60. The van der Waals surface area contributed by atoms with Crippen molar-refractivity contribution in [3.8, 4) is 5.75 Å². The van der Waals surface area contributed by atoms with Crippen LogP contribution in [0.1, 0.15) is 16.7 Å². The zero-order valence-corrected chi connectivity index (χ0v) is 14.3. The van der Waals surface area contributed by atoms with Gasteiger partial charge in [0.1, 0.15) is 12.4 Å². The van der Waals surface area contributed by atoms with Crippen LogP contribution in [0, 0.1) is 6.92 Å². The highest BCUT2D eigenvalue weighted by atomic mass is 16.5. The summed E-state index contributed by atoms with van der Waals surface area (Å²) in [6.45, 7) is 3.86.